The first-order valence-electron chi connectivity index (χ1n) is 7.34. The van der Waals surface area contributed by atoms with Crippen LogP contribution < -0.4 is 9.46 Å². The van der Waals surface area contributed by atoms with E-state index in [9.17, 15) is 8.42 Å². The van der Waals surface area contributed by atoms with Crippen LogP contribution in [0.1, 0.15) is 37.5 Å². The second-order valence-electron chi connectivity index (χ2n) is 6.69. The molecular weight excluding hydrogens is 300 g/mol. The lowest BCUT2D eigenvalue weighted by Gasteiger charge is -2.25. The quantitative estimate of drug-likeness (QED) is 0.871. The Hall–Kier alpha value is -1.11. The number of methoxy groups -OCH3 is 1. The summed E-state index contributed by atoms with van der Waals surface area (Å²) in [6.07, 6.45) is 0.584. The highest BCUT2D eigenvalue weighted by Gasteiger charge is 2.22. The van der Waals surface area contributed by atoms with Crippen molar-refractivity contribution in [3.63, 3.8) is 0 Å². The molecule has 0 aliphatic rings. The summed E-state index contributed by atoms with van der Waals surface area (Å²) in [5.74, 6) is 0.849. The van der Waals surface area contributed by atoms with E-state index in [4.69, 9.17) is 4.74 Å². The molecule has 0 aliphatic carbocycles. The van der Waals surface area contributed by atoms with Crippen molar-refractivity contribution in [1.29, 1.82) is 0 Å². The highest BCUT2D eigenvalue weighted by molar-refractivity contribution is 7.87. The molecule has 5 nitrogen and oxygen atoms in total. The third kappa shape index (κ3) is 4.69. The molecule has 22 heavy (non-hydrogen) atoms. The SMILES string of the molecule is COc1c(CCNS(=O)(=O)N(C)C)cc(C)cc1C(C)(C)C. The van der Waals surface area contributed by atoms with Crippen LogP contribution in [0.15, 0.2) is 12.1 Å². The van der Waals surface area contributed by atoms with E-state index in [2.05, 4.69) is 37.6 Å². The summed E-state index contributed by atoms with van der Waals surface area (Å²) in [7, 11) is 1.28. The van der Waals surface area contributed by atoms with Crippen LogP contribution in [0.3, 0.4) is 0 Å². The lowest BCUT2D eigenvalue weighted by molar-refractivity contribution is 0.392. The number of aryl methyl sites for hydroxylation is 1. The van der Waals surface area contributed by atoms with Gasteiger partial charge in [0.05, 0.1) is 7.11 Å². The molecule has 126 valence electrons. The Bertz CT molecular complexity index is 617. The molecule has 0 aliphatic heterocycles. The summed E-state index contributed by atoms with van der Waals surface area (Å²) < 4.78 is 32.9. The van der Waals surface area contributed by atoms with Crippen molar-refractivity contribution in [2.24, 2.45) is 0 Å². The van der Waals surface area contributed by atoms with Gasteiger partial charge in [0.15, 0.2) is 0 Å². The summed E-state index contributed by atoms with van der Waals surface area (Å²) in [6.45, 7) is 8.81. The number of nitrogens with one attached hydrogen (secondary N) is 1. The maximum Gasteiger partial charge on any atom is 0.278 e. The highest BCUT2D eigenvalue weighted by atomic mass is 32.2. The molecule has 0 radical (unpaired) electrons. The van der Waals surface area contributed by atoms with Crippen LogP contribution in [0.25, 0.3) is 0 Å². The molecule has 0 atom stereocenters. The smallest absolute Gasteiger partial charge is 0.278 e. The molecule has 0 saturated heterocycles. The Morgan fingerprint density at radius 1 is 1.23 bits per heavy atom. The molecular formula is C16H28N2O3S. The highest BCUT2D eigenvalue weighted by Crippen LogP contribution is 2.35. The number of hydrogen-bond donors (Lipinski definition) is 1. The number of ether oxygens (including phenoxy) is 1. The van der Waals surface area contributed by atoms with Gasteiger partial charge in [-0.2, -0.15) is 12.7 Å². The second kappa shape index (κ2) is 6.98. The van der Waals surface area contributed by atoms with Crippen LogP contribution in [-0.4, -0.2) is 40.5 Å². The number of rotatable bonds is 6. The average Bonchev–Trinajstić information content (AvgIpc) is 2.36. The molecule has 1 aromatic rings. The van der Waals surface area contributed by atoms with Crippen molar-refractivity contribution in [1.82, 2.24) is 9.03 Å². The number of benzene rings is 1. The van der Waals surface area contributed by atoms with Gasteiger partial charge in [-0.1, -0.05) is 38.5 Å². The van der Waals surface area contributed by atoms with Gasteiger partial charge in [0.1, 0.15) is 5.75 Å². The van der Waals surface area contributed by atoms with E-state index in [-0.39, 0.29) is 5.41 Å². The molecule has 0 bridgehead atoms. The van der Waals surface area contributed by atoms with Gasteiger partial charge in [-0.05, 0) is 24.3 Å². The Morgan fingerprint density at radius 3 is 2.27 bits per heavy atom. The first kappa shape index (κ1) is 18.9. The van der Waals surface area contributed by atoms with Crippen LogP contribution >= 0.6 is 0 Å². The fourth-order valence-corrected chi connectivity index (χ4v) is 2.89. The van der Waals surface area contributed by atoms with Gasteiger partial charge in [-0.15, -0.1) is 0 Å². The first-order chi connectivity index (χ1) is 9.99. The van der Waals surface area contributed by atoms with Gasteiger partial charge < -0.3 is 4.74 Å². The van der Waals surface area contributed by atoms with Crippen molar-refractivity contribution in [2.45, 2.75) is 39.5 Å². The first-order valence-corrected chi connectivity index (χ1v) is 8.78. The standard InChI is InChI=1S/C16H28N2O3S/c1-12-10-13(8-9-17-22(19,20)18(5)6)15(21-7)14(11-12)16(2,3)4/h10-11,17H,8-9H2,1-7H3. The lowest BCUT2D eigenvalue weighted by Crippen LogP contribution is -2.36. The van der Waals surface area contributed by atoms with Gasteiger partial charge in [0.2, 0.25) is 0 Å². The van der Waals surface area contributed by atoms with Crippen LogP contribution in [-0.2, 0) is 22.0 Å². The minimum Gasteiger partial charge on any atom is -0.496 e. The molecule has 1 N–H and O–H groups in total. The van der Waals surface area contributed by atoms with Gasteiger partial charge in [-0.25, -0.2) is 4.72 Å². The van der Waals surface area contributed by atoms with Gasteiger partial charge in [-0.3, -0.25) is 0 Å². The summed E-state index contributed by atoms with van der Waals surface area (Å²) in [4.78, 5) is 0. The largest absolute Gasteiger partial charge is 0.496 e. The minimum absolute atomic E-state index is 0.0325. The Labute approximate surface area is 134 Å². The Morgan fingerprint density at radius 2 is 1.82 bits per heavy atom. The average molecular weight is 328 g/mol. The summed E-state index contributed by atoms with van der Waals surface area (Å²) >= 11 is 0. The topological polar surface area (TPSA) is 58.6 Å². The summed E-state index contributed by atoms with van der Waals surface area (Å²) in [5, 5.41) is 0. The number of hydrogen-bond acceptors (Lipinski definition) is 3. The fourth-order valence-electron chi connectivity index (χ4n) is 2.28. The second-order valence-corrected chi connectivity index (χ2v) is 8.66. The molecule has 0 saturated carbocycles. The van der Waals surface area contributed by atoms with E-state index in [1.54, 1.807) is 7.11 Å². The minimum atomic E-state index is -3.39. The molecule has 0 spiro atoms. The van der Waals surface area contributed by atoms with Crippen LogP contribution in [0, 0.1) is 6.92 Å². The molecule has 0 unspecified atom stereocenters. The molecule has 1 aromatic carbocycles. The maximum atomic E-state index is 11.8. The van der Waals surface area contributed by atoms with Crippen molar-refractivity contribution < 1.29 is 13.2 Å². The van der Waals surface area contributed by atoms with E-state index in [1.165, 1.54) is 18.4 Å². The molecule has 0 amide bonds. The molecule has 0 fully saturated rings. The third-order valence-corrected chi connectivity index (χ3v) is 5.01. The van der Waals surface area contributed by atoms with Crippen LogP contribution in [0.5, 0.6) is 5.75 Å². The third-order valence-electron chi connectivity index (χ3n) is 3.48. The summed E-state index contributed by atoms with van der Waals surface area (Å²) in [6, 6.07) is 4.18. The zero-order valence-corrected chi connectivity index (χ0v) is 15.5. The van der Waals surface area contributed by atoms with Crippen molar-refractivity contribution in [2.75, 3.05) is 27.7 Å². The fraction of sp³-hybridized carbons (Fsp3) is 0.625. The van der Waals surface area contributed by atoms with Gasteiger partial charge >= 0.3 is 0 Å². The zero-order valence-electron chi connectivity index (χ0n) is 14.6. The molecule has 0 aromatic heterocycles. The van der Waals surface area contributed by atoms with Crippen LogP contribution in [0.2, 0.25) is 0 Å². The van der Waals surface area contributed by atoms with Crippen molar-refractivity contribution >= 4 is 10.2 Å². The van der Waals surface area contributed by atoms with E-state index >= 15 is 0 Å². The molecule has 6 heteroatoms. The molecule has 1 rings (SSSR count). The molecule has 0 heterocycles. The van der Waals surface area contributed by atoms with Crippen molar-refractivity contribution in [3.8, 4) is 5.75 Å². The van der Waals surface area contributed by atoms with E-state index in [0.717, 1.165) is 22.4 Å². The van der Waals surface area contributed by atoms with E-state index in [0.29, 0.717) is 13.0 Å². The summed E-state index contributed by atoms with van der Waals surface area (Å²) in [5.41, 5.74) is 3.28. The predicted molar refractivity (Wildman–Crippen MR) is 90.7 cm³/mol. The van der Waals surface area contributed by atoms with E-state index in [1.807, 2.05) is 6.92 Å². The monoisotopic (exact) mass is 328 g/mol. The maximum absolute atomic E-state index is 11.8. The Balaban J connectivity index is 3.03. The van der Waals surface area contributed by atoms with Gasteiger partial charge in [0.25, 0.3) is 10.2 Å². The van der Waals surface area contributed by atoms with Gasteiger partial charge in [0, 0.05) is 26.2 Å². The Kier molecular flexibility index (Phi) is 6.01. The lowest BCUT2D eigenvalue weighted by atomic mass is 9.83. The van der Waals surface area contributed by atoms with Crippen LogP contribution in [0.4, 0.5) is 0 Å². The van der Waals surface area contributed by atoms with E-state index < -0.39 is 10.2 Å². The van der Waals surface area contributed by atoms with Crippen molar-refractivity contribution in [3.05, 3.63) is 28.8 Å². The normalized spacial score (nSPS) is 12.7. The predicted octanol–water partition coefficient (Wildman–Crippen LogP) is 2.24. The zero-order chi connectivity index (χ0) is 17.1. The number of nitrogens with zero attached hydrogens (tertiary/aromatic N) is 1.